The standard InChI is InChI=1S/C18H23N5O4/c1-26-10-3-5-19-16-13-20-14(12-21-16)17(24)22-6-8-23(9-7-22)18(25)15-4-2-11-27-15/h2,4,11-13H,3,5-10H2,1H3,(H,19,21). The summed E-state index contributed by atoms with van der Waals surface area (Å²) in [4.78, 5) is 36.6. The van der Waals surface area contributed by atoms with Crippen LogP contribution in [0.5, 0.6) is 0 Å². The van der Waals surface area contributed by atoms with Gasteiger partial charge in [-0.2, -0.15) is 0 Å². The van der Waals surface area contributed by atoms with Gasteiger partial charge in [0.2, 0.25) is 0 Å². The van der Waals surface area contributed by atoms with E-state index in [1.807, 2.05) is 0 Å². The molecule has 3 rings (SSSR count). The van der Waals surface area contributed by atoms with Crippen LogP contribution in [0.25, 0.3) is 0 Å². The summed E-state index contributed by atoms with van der Waals surface area (Å²) in [5.74, 6) is 0.597. The number of methoxy groups -OCH3 is 1. The average molecular weight is 373 g/mol. The van der Waals surface area contributed by atoms with E-state index in [2.05, 4.69) is 15.3 Å². The summed E-state index contributed by atoms with van der Waals surface area (Å²) >= 11 is 0. The Morgan fingerprint density at radius 2 is 1.89 bits per heavy atom. The van der Waals surface area contributed by atoms with Crippen LogP contribution >= 0.6 is 0 Å². The number of hydrogen-bond donors (Lipinski definition) is 1. The number of furan rings is 1. The van der Waals surface area contributed by atoms with Crippen molar-refractivity contribution in [2.45, 2.75) is 6.42 Å². The zero-order valence-corrected chi connectivity index (χ0v) is 15.3. The second-order valence-electron chi connectivity index (χ2n) is 6.12. The van der Waals surface area contributed by atoms with E-state index in [-0.39, 0.29) is 11.8 Å². The number of carbonyl (C=O) groups is 2. The molecular formula is C18H23N5O4. The van der Waals surface area contributed by atoms with Crippen LogP contribution in [0.1, 0.15) is 27.5 Å². The van der Waals surface area contributed by atoms with E-state index in [9.17, 15) is 9.59 Å². The first kappa shape index (κ1) is 18.8. The molecule has 0 bridgehead atoms. The molecule has 3 heterocycles. The number of anilines is 1. The van der Waals surface area contributed by atoms with Gasteiger partial charge in [0.05, 0.1) is 18.7 Å². The van der Waals surface area contributed by atoms with E-state index in [1.165, 1.54) is 12.5 Å². The van der Waals surface area contributed by atoms with Gasteiger partial charge in [-0.05, 0) is 18.6 Å². The van der Waals surface area contributed by atoms with Crippen molar-refractivity contribution >= 4 is 17.6 Å². The van der Waals surface area contributed by atoms with Crippen LogP contribution in [0.3, 0.4) is 0 Å². The molecule has 1 aliphatic heterocycles. The Morgan fingerprint density at radius 3 is 2.48 bits per heavy atom. The van der Waals surface area contributed by atoms with Crippen molar-refractivity contribution in [3.05, 3.63) is 42.2 Å². The number of piperazine rings is 1. The molecule has 1 N–H and O–H groups in total. The number of amides is 2. The molecule has 1 fully saturated rings. The zero-order valence-electron chi connectivity index (χ0n) is 15.3. The van der Waals surface area contributed by atoms with E-state index in [0.29, 0.717) is 50.1 Å². The summed E-state index contributed by atoms with van der Waals surface area (Å²) in [6, 6.07) is 3.32. The van der Waals surface area contributed by atoms with Gasteiger partial charge in [0.1, 0.15) is 11.5 Å². The lowest BCUT2D eigenvalue weighted by atomic mass is 10.2. The summed E-state index contributed by atoms with van der Waals surface area (Å²) in [7, 11) is 1.66. The maximum Gasteiger partial charge on any atom is 0.289 e. The Morgan fingerprint density at radius 1 is 1.15 bits per heavy atom. The van der Waals surface area contributed by atoms with Gasteiger partial charge in [-0.15, -0.1) is 0 Å². The molecule has 0 radical (unpaired) electrons. The summed E-state index contributed by atoms with van der Waals surface area (Å²) in [5, 5.41) is 3.13. The first-order chi connectivity index (χ1) is 13.2. The molecule has 144 valence electrons. The van der Waals surface area contributed by atoms with E-state index in [1.54, 1.807) is 35.2 Å². The Bertz CT molecular complexity index is 740. The van der Waals surface area contributed by atoms with Crippen LogP contribution < -0.4 is 5.32 Å². The zero-order chi connectivity index (χ0) is 19.1. The maximum absolute atomic E-state index is 12.6. The van der Waals surface area contributed by atoms with Crippen molar-refractivity contribution in [1.82, 2.24) is 19.8 Å². The van der Waals surface area contributed by atoms with E-state index in [4.69, 9.17) is 9.15 Å². The molecule has 0 atom stereocenters. The summed E-state index contributed by atoms with van der Waals surface area (Å²) < 4.78 is 10.1. The first-order valence-electron chi connectivity index (χ1n) is 8.86. The largest absolute Gasteiger partial charge is 0.459 e. The molecule has 0 aromatic carbocycles. The number of hydrogen-bond acceptors (Lipinski definition) is 7. The number of aromatic nitrogens is 2. The summed E-state index contributed by atoms with van der Waals surface area (Å²) in [6.07, 6.45) is 5.36. The molecule has 0 aliphatic carbocycles. The highest BCUT2D eigenvalue weighted by molar-refractivity contribution is 5.93. The molecule has 0 unspecified atom stereocenters. The number of rotatable bonds is 7. The molecule has 2 aromatic heterocycles. The minimum Gasteiger partial charge on any atom is -0.459 e. The third-order valence-corrected chi connectivity index (χ3v) is 4.29. The average Bonchev–Trinajstić information content (AvgIpc) is 3.26. The van der Waals surface area contributed by atoms with Crippen molar-refractivity contribution in [2.24, 2.45) is 0 Å². The lowest BCUT2D eigenvalue weighted by Gasteiger charge is -2.34. The topological polar surface area (TPSA) is 101 Å². The van der Waals surface area contributed by atoms with Crippen LogP contribution in [0.2, 0.25) is 0 Å². The Balaban J connectivity index is 1.49. The monoisotopic (exact) mass is 373 g/mol. The van der Waals surface area contributed by atoms with Gasteiger partial charge in [0, 0.05) is 46.4 Å². The predicted octanol–water partition coefficient (Wildman–Crippen LogP) is 1.12. The normalized spacial score (nSPS) is 14.3. The van der Waals surface area contributed by atoms with Crippen molar-refractivity contribution in [3.8, 4) is 0 Å². The number of nitrogens with zero attached hydrogens (tertiary/aromatic N) is 4. The minimum absolute atomic E-state index is 0.157. The molecule has 2 amide bonds. The molecule has 0 saturated carbocycles. The SMILES string of the molecule is COCCCNc1cnc(C(=O)N2CCN(C(=O)c3ccco3)CC2)cn1. The molecule has 9 nitrogen and oxygen atoms in total. The van der Waals surface area contributed by atoms with Gasteiger partial charge >= 0.3 is 0 Å². The van der Waals surface area contributed by atoms with Crippen LogP contribution in [0, 0.1) is 0 Å². The quantitative estimate of drug-likeness (QED) is 0.726. The Labute approximate surface area is 157 Å². The van der Waals surface area contributed by atoms with E-state index >= 15 is 0 Å². The van der Waals surface area contributed by atoms with E-state index < -0.39 is 0 Å². The third kappa shape index (κ3) is 4.82. The van der Waals surface area contributed by atoms with Gasteiger partial charge in [-0.3, -0.25) is 9.59 Å². The lowest BCUT2D eigenvalue weighted by Crippen LogP contribution is -2.50. The highest BCUT2D eigenvalue weighted by Crippen LogP contribution is 2.12. The number of ether oxygens (including phenoxy) is 1. The van der Waals surface area contributed by atoms with Crippen LogP contribution in [0.4, 0.5) is 5.82 Å². The molecule has 0 spiro atoms. The van der Waals surface area contributed by atoms with Crippen molar-refractivity contribution in [2.75, 3.05) is 51.8 Å². The van der Waals surface area contributed by atoms with Crippen LogP contribution in [-0.4, -0.2) is 78.0 Å². The van der Waals surface area contributed by atoms with E-state index in [0.717, 1.165) is 13.0 Å². The third-order valence-electron chi connectivity index (χ3n) is 4.29. The lowest BCUT2D eigenvalue weighted by molar-refractivity contribution is 0.0515. The summed E-state index contributed by atoms with van der Waals surface area (Å²) in [6.45, 7) is 3.20. The maximum atomic E-state index is 12.6. The highest BCUT2D eigenvalue weighted by Gasteiger charge is 2.27. The predicted molar refractivity (Wildman–Crippen MR) is 97.5 cm³/mol. The van der Waals surface area contributed by atoms with Gasteiger partial charge in [0.15, 0.2) is 5.76 Å². The highest BCUT2D eigenvalue weighted by atomic mass is 16.5. The van der Waals surface area contributed by atoms with Crippen LogP contribution in [-0.2, 0) is 4.74 Å². The molecule has 9 heteroatoms. The first-order valence-corrected chi connectivity index (χ1v) is 8.86. The fourth-order valence-corrected chi connectivity index (χ4v) is 2.79. The second-order valence-corrected chi connectivity index (χ2v) is 6.12. The van der Waals surface area contributed by atoms with Gasteiger partial charge in [-0.1, -0.05) is 0 Å². The van der Waals surface area contributed by atoms with Crippen molar-refractivity contribution in [1.29, 1.82) is 0 Å². The van der Waals surface area contributed by atoms with Crippen LogP contribution in [0.15, 0.2) is 35.2 Å². The minimum atomic E-state index is -0.182. The fourth-order valence-electron chi connectivity index (χ4n) is 2.79. The molecule has 1 aliphatic rings. The van der Waals surface area contributed by atoms with Crippen molar-refractivity contribution in [3.63, 3.8) is 0 Å². The fraction of sp³-hybridized carbons (Fsp3) is 0.444. The van der Waals surface area contributed by atoms with Gasteiger partial charge < -0.3 is 24.3 Å². The molecule has 1 saturated heterocycles. The van der Waals surface area contributed by atoms with Gasteiger partial charge in [0.25, 0.3) is 11.8 Å². The number of nitrogens with one attached hydrogen (secondary N) is 1. The Hall–Kier alpha value is -2.94. The molecule has 2 aromatic rings. The smallest absolute Gasteiger partial charge is 0.289 e. The van der Waals surface area contributed by atoms with Crippen molar-refractivity contribution < 1.29 is 18.7 Å². The second kappa shape index (κ2) is 9.13. The molecule has 27 heavy (non-hydrogen) atoms. The summed E-state index contributed by atoms with van der Waals surface area (Å²) in [5.41, 5.74) is 0.295. The number of carbonyl (C=O) groups excluding carboxylic acids is 2. The Kier molecular flexibility index (Phi) is 6.37. The molecular weight excluding hydrogens is 350 g/mol. The van der Waals surface area contributed by atoms with Gasteiger partial charge in [-0.25, -0.2) is 9.97 Å².